The van der Waals surface area contributed by atoms with Crippen LogP contribution in [0.4, 0.5) is 11.4 Å². The van der Waals surface area contributed by atoms with E-state index >= 15 is 0 Å². The molecule has 6 heteroatoms. The first kappa shape index (κ1) is 14.9. The van der Waals surface area contributed by atoms with Crippen molar-refractivity contribution in [3.63, 3.8) is 0 Å². The van der Waals surface area contributed by atoms with E-state index in [0.717, 1.165) is 5.56 Å². The molecule has 0 radical (unpaired) electrons. The molecule has 19 heavy (non-hydrogen) atoms. The Bertz CT molecular complexity index is 470. The van der Waals surface area contributed by atoms with Crippen molar-refractivity contribution >= 4 is 17.3 Å². The first-order valence-corrected chi connectivity index (χ1v) is 6.26. The molecule has 0 heterocycles. The van der Waals surface area contributed by atoms with E-state index in [9.17, 15) is 14.9 Å². The molecule has 0 aromatic heterocycles. The molecule has 0 aliphatic carbocycles. The number of benzene rings is 1. The van der Waals surface area contributed by atoms with E-state index in [-0.39, 0.29) is 18.1 Å². The number of likely N-dealkylation sites (N-methyl/N-ethyl adjacent to an activating group) is 1. The predicted molar refractivity (Wildman–Crippen MR) is 74.3 cm³/mol. The normalized spacial score (nSPS) is 10.1. The predicted octanol–water partition coefficient (Wildman–Crippen LogP) is 2.18. The minimum absolute atomic E-state index is 0.0158. The van der Waals surface area contributed by atoms with Gasteiger partial charge in [-0.1, -0.05) is 6.07 Å². The maximum absolute atomic E-state index is 11.8. The minimum Gasteiger partial charge on any atom is -0.371 e. The zero-order chi connectivity index (χ0) is 14.4. The highest BCUT2D eigenvalue weighted by atomic mass is 16.6. The fourth-order valence-electron chi connectivity index (χ4n) is 1.81. The van der Waals surface area contributed by atoms with Crippen molar-refractivity contribution < 1.29 is 9.72 Å². The molecule has 0 atom stereocenters. The molecule has 104 valence electrons. The van der Waals surface area contributed by atoms with Crippen molar-refractivity contribution in [1.29, 1.82) is 0 Å². The second-order valence-electron chi connectivity index (χ2n) is 4.20. The number of nitro groups is 1. The molecule has 0 saturated carbocycles. The van der Waals surface area contributed by atoms with Crippen molar-refractivity contribution in [2.24, 2.45) is 0 Å². The number of hydrogen-bond donors (Lipinski definition) is 1. The Morgan fingerprint density at radius 3 is 2.53 bits per heavy atom. The maximum atomic E-state index is 11.8. The summed E-state index contributed by atoms with van der Waals surface area (Å²) in [7, 11) is 0. The third kappa shape index (κ3) is 3.94. The molecule has 0 bridgehead atoms. The molecule has 0 spiro atoms. The van der Waals surface area contributed by atoms with Crippen LogP contribution in [-0.2, 0) is 4.79 Å². The molecule has 6 nitrogen and oxygen atoms in total. The minimum atomic E-state index is -0.455. The lowest BCUT2D eigenvalue weighted by Crippen LogP contribution is -2.35. The van der Waals surface area contributed by atoms with Gasteiger partial charge in [0.25, 0.3) is 5.69 Å². The van der Waals surface area contributed by atoms with E-state index < -0.39 is 4.92 Å². The molecule has 0 unspecified atom stereocenters. The molecular weight excluding hydrogens is 246 g/mol. The smallest absolute Gasteiger partial charge is 0.292 e. The lowest BCUT2D eigenvalue weighted by molar-refractivity contribution is -0.384. The van der Waals surface area contributed by atoms with Crippen molar-refractivity contribution in [1.82, 2.24) is 4.90 Å². The highest BCUT2D eigenvalue weighted by molar-refractivity contribution is 5.81. The van der Waals surface area contributed by atoms with Crippen LogP contribution < -0.4 is 5.32 Å². The first-order valence-electron chi connectivity index (χ1n) is 6.26. The van der Waals surface area contributed by atoms with Gasteiger partial charge in [0.15, 0.2) is 0 Å². The first-order chi connectivity index (χ1) is 8.99. The summed E-state index contributed by atoms with van der Waals surface area (Å²) in [6.45, 7) is 6.97. The summed E-state index contributed by atoms with van der Waals surface area (Å²) in [5, 5.41) is 13.7. The summed E-state index contributed by atoms with van der Waals surface area (Å²) in [6.07, 6.45) is 0. The average molecular weight is 265 g/mol. The number of anilines is 1. The van der Waals surface area contributed by atoms with E-state index in [0.29, 0.717) is 18.8 Å². The number of carbonyl (C=O) groups is 1. The van der Waals surface area contributed by atoms with Crippen LogP contribution >= 0.6 is 0 Å². The van der Waals surface area contributed by atoms with E-state index in [1.165, 1.54) is 6.07 Å². The third-order valence-corrected chi connectivity index (χ3v) is 2.89. The van der Waals surface area contributed by atoms with Gasteiger partial charge < -0.3 is 10.2 Å². The van der Waals surface area contributed by atoms with Gasteiger partial charge in [0, 0.05) is 19.2 Å². The quantitative estimate of drug-likeness (QED) is 0.632. The number of amides is 1. The molecule has 1 amide bonds. The number of nitro benzene ring substituents is 1. The van der Waals surface area contributed by atoms with Crippen LogP contribution in [0.3, 0.4) is 0 Å². The lowest BCUT2D eigenvalue weighted by Gasteiger charge is -2.19. The van der Waals surface area contributed by atoms with Gasteiger partial charge in [-0.3, -0.25) is 14.9 Å². The van der Waals surface area contributed by atoms with Crippen molar-refractivity contribution in [3.8, 4) is 0 Å². The molecule has 0 saturated heterocycles. The molecule has 1 N–H and O–H groups in total. The molecule has 0 aliphatic heterocycles. The van der Waals surface area contributed by atoms with Crippen molar-refractivity contribution in [2.75, 3.05) is 25.0 Å². The SMILES string of the molecule is CCN(CC)C(=O)CNc1cc(C)ccc1[N+](=O)[O-]. The Hall–Kier alpha value is -2.11. The third-order valence-electron chi connectivity index (χ3n) is 2.89. The van der Waals surface area contributed by atoms with Gasteiger partial charge >= 0.3 is 0 Å². The summed E-state index contributed by atoms with van der Waals surface area (Å²) in [5.41, 5.74) is 1.27. The molecular formula is C13H19N3O3. The molecule has 0 aliphatic rings. The Balaban J connectivity index is 2.79. The van der Waals surface area contributed by atoms with Crippen molar-refractivity contribution in [2.45, 2.75) is 20.8 Å². The fraction of sp³-hybridized carbons (Fsp3) is 0.462. The maximum Gasteiger partial charge on any atom is 0.292 e. The summed E-state index contributed by atoms with van der Waals surface area (Å²) < 4.78 is 0. The van der Waals surface area contributed by atoms with Gasteiger partial charge in [-0.15, -0.1) is 0 Å². The van der Waals surface area contributed by atoms with Crippen LogP contribution in [0.2, 0.25) is 0 Å². The van der Waals surface area contributed by atoms with Crippen LogP contribution in [0.25, 0.3) is 0 Å². The largest absolute Gasteiger partial charge is 0.371 e. The lowest BCUT2D eigenvalue weighted by atomic mass is 10.2. The van der Waals surface area contributed by atoms with Gasteiger partial charge in [-0.2, -0.15) is 0 Å². The second-order valence-corrected chi connectivity index (χ2v) is 4.20. The van der Waals surface area contributed by atoms with E-state index in [1.54, 1.807) is 17.0 Å². The van der Waals surface area contributed by atoms with Gasteiger partial charge in [0.1, 0.15) is 5.69 Å². The van der Waals surface area contributed by atoms with E-state index in [4.69, 9.17) is 0 Å². The van der Waals surface area contributed by atoms with Crippen LogP contribution in [0.15, 0.2) is 18.2 Å². The molecule has 1 aromatic rings. The molecule has 0 fully saturated rings. The summed E-state index contributed by atoms with van der Waals surface area (Å²) in [4.78, 5) is 24.0. The topological polar surface area (TPSA) is 75.5 Å². The van der Waals surface area contributed by atoms with Gasteiger partial charge in [0.2, 0.25) is 5.91 Å². The summed E-state index contributed by atoms with van der Waals surface area (Å²) >= 11 is 0. The zero-order valence-corrected chi connectivity index (χ0v) is 11.5. The Kier molecular flexibility index (Phi) is 5.29. The standard InChI is InChI=1S/C13H19N3O3/c1-4-15(5-2)13(17)9-14-11-8-10(3)6-7-12(11)16(18)19/h6-8,14H,4-5,9H2,1-3H3. The number of hydrogen-bond acceptors (Lipinski definition) is 4. The van der Waals surface area contributed by atoms with Gasteiger partial charge in [-0.25, -0.2) is 0 Å². The van der Waals surface area contributed by atoms with Crippen LogP contribution in [0.1, 0.15) is 19.4 Å². The van der Waals surface area contributed by atoms with Crippen molar-refractivity contribution in [3.05, 3.63) is 33.9 Å². The Morgan fingerprint density at radius 1 is 1.37 bits per heavy atom. The highest BCUT2D eigenvalue weighted by Crippen LogP contribution is 2.24. The average Bonchev–Trinajstić information content (AvgIpc) is 2.37. The summed E-state index contributed by atoms with van der Waals surface area (Å²) in [5.74, 6) is -0.0687. The number of aryl methyl sites for hydroxylation is 1. The Morgan fingerprint density at radius 2 is 2.00 bits per heavy atom. The zero-order valence-electron chi connectivity index (χ0n) is 11.5. The van der Waals surface area contributed by atoms with Crippen LogP contribution in [0.5, 0.6) is 0 Å². The van der Waals surface area contributed by atoms with Gasteiger partial charge in [-0.05, 0) is 32.4 Å². The van der Waals surface area contributed by atoms with E-state index in [2.05, 4.69) is 5.32 Å². The van der Waals surface area contributed by atoms with Crippen LogP contribution in [-0.4, -0.2) is 35.4 Å². The van der Waals surface area contributed by atoms with Crippen LogP contribution in [0, 0.1) is 17.0 Å². The fourth-order valence-corrected chi connectivity index (χ4v) is 1.81. The Labute approximate surface area is 112 Å². The number of nitrogens with zero attached hydrogens (tertiary/aromatic N) is 2. The number of nitrogens with one attached hydrogen (secondary N) is 1. The molecule has 1 rings (SSSR count). The monoisotopic (exact) mass is 265 g/mol. The van der Waals surface area contributed by atoms with E-state index in [1.807, 2.05) is 20.8 Å². The second kappa shape index (κ2) is 6.72. The summed E-state index contributed by atoms with van der Waals surface area (Å²) in [6, 6.07) is 4.79. The van der Waals surface area contributed by atoms with Gasteiger partial charge in [0.05, 0.1) is 11.5 Å². The number of carbonyl (C=O) groups excluding carboxylic acids is 1. The highest BCUT2D eigenvalue weighted by Gasteiger charge is 2.15. The number of rotatable bonds is 6. The molecule has 1 aromatic carbocycles.